The van der Waals surface area contributed by atoms with Crippen LogP contribution in [0.4, 0.5) is 5.95 Å². The summed E-state index contributed by atoms with van der Waals surface area (Å²) in [4.78, 5) is 30.3. The Morgan fingerprint density at radius 3 is 2.63 bits per heavy atom. The molecule has 19 heavy (non-hydrogen) atoms. The predicted molar refractivity (Wildman–Crippen MR) is 70.6 cm³/mol. The molecular weight excluding hydrogens is 246 g/mol. The number of Topliss-reactive ketones (excluding diaryl/α,β-unsaturated/α-hetero) is 1. The number of fused-ring (bicyclic) bond motifs is 1. The minimum atomic E-state index is -0.0758. The first kappa shape index (κ1) is 13.1. The summed E-state index contributed by atoms with van der Waals surface area (Å²) < 4.78 is 5.20. The number of hydrogen-bond acceptors (Lipinski definition) is 7. The predicted octanol–water partition coefficient (Wildman–Crippen LogP) is 1.09. The molecule has 0 atom stereocenters. The first-order valence-electron chi connectivity index (χ1n) is 5.86. The molecule has 2 aromatic rings. The number of ether oxygens (including phenoxy) is 1. The summed E-state index contributed by atoms with van der Waals surface area (Å²) >= 11 is 0. The largest absolute Gasteiger partial charge is 0.479 e. The summed E-state index contributed by atoms with van der Waals surface area (Å²) in [5.74, 6) is 0.716. The molecule has 0 amide bonds. The molecule has 100 valence electrons. The molecule has 0 aromatic carbocycles. The van der Waals surface area contributed by atoms with Crippen LogP contribution in [0.25, 0.3) is 11.2 Å². The van der Waals surface area contributed by atoms with Crippen LogP contribution in [-0.4, -0.2) is 46.9 Å². The molecular formula is C12H15N5O2. The maximum absolute atomic E-state index is 11.6. The molecule has 0 unspecified atom stereocenters. The van der Waals surface area contributed by atoms with Gasteiger partial charge in [-0.3, -0.25) is 4.79 Å². The van der Waals surface area contributed by atoms with Crippen molar-refractivity contribution in [2.75, 3.05) is 26.1 Å². The Morgan fingerprint density at radius 1 is 1.32 bits per heavy atom. The minimum Gasteiger partial charge on any atom is -0.479 e. The highest BCUT2D eigenvalue weighted by atomic mass is 16.5. The second kappa shape index (κ2) is 5.13. The summed E-state index contributed by atoms with van der Waals surface area (Å²) in [6.07, 6.45) is 1.80. The molecule has 0 aliphatic carbocycles. The van der Waals surface area contributed by atoms with Crippen LogP contribution in [0, 0.1) is 0 Å². The Balaban J connectivity index is 2.65. The quantitative estimate of drug-likeness (QED) is 0.762. The van der Waals surface area contributed by atoms with Crippen LogP contribution in [0.2, 0.25) is 0 Å². The van der Waals surface area contributed by atoms with Crippen molar-refractivity contribution in [2.45, 2.75) is 13.3 Å². The molecule has 0 fully saturated rings. The normalized spacial score (nSPS) is 10.5. The lowest BCUT2D eigenvalue weighted by Crippen LogP contribution is -2.14. The third-order valence-electron chi connectivity index (χ3n) is 2.56. The number of nitrogens with zero attached hydrogens (tertiary/aromatic N) is 5. The lowest BCUT2D eigenvalue weighted by molar-refractivity contribution is 0.0983. The van der Waals surface area contributed by atoms with Crippen LogP contribution in [0.15, 0.2) is 6.20 Å². The van der Waals surface area contributed by atoms with E-state index in [0.717, 1.165) is 0 Å². The number of rotatable bonds is 4. The summed E-state index contributed by atoms with van der Waals surface area (Å²) in [5, 5.41) is 0. The summed E-state index contributed by atoms with van der Waals surface area (Å²) in [7, 11) is 5.14. The van der Waals surface area contributed by atoms with Crippen molar-refractivity contribution in [3.8, 4) is 5.88 Å². The molecule has 0 spiro atoms. The van der Waals surface area contributed by atoms with Gasteiger partial charge in [0.2, 0.25) is 11.8 Å². The highest BCUT2D eigenvalue weighted by Crippen LogP contribution is 2.21. The topological polar surface area (TPSA) is 81.1 Å². The molecule has 2 aromatic heterocycles. The number of ketones is 1. The smallest absolute Gasteiger partial charge is 0.247 e. The highest BCUT2D eigenvalue weighted by Gasteiger charge is 2.14. The van der Waals surface area contributed by atoms with E-state index in [-0.39, 0.29) is 5.78 Å². The van der Waals surface area contributed by atoms with Crippen LogP contribution in [0.1, 0.15) is 23.8 Å². The van der Waals surface area contributed by atoms with Crippen molar-refractivity contribution in [1.82, 2.24) is 19.9 Å². The fourth-order valence-electron chi connectivity index (χ4n) is 1.53. The number of carbonyl (C=O) groups excluding carboxylic acids is 1. The van der Waals surface area contributed by atoms with Gasteiger partial charge in [0.05, 0.1) is 13.3 Å². The molecule has 0 N–H and O–H groups in total. The van der Waals surface area contributed by atoms with Gasteiger partial charge in [0.25, 0.3) is 0 Å². The number of hydrogen-bond donors (Lipinski definition) is 0. The van der Waals surface area contributed by atoms with E-state index in [4.69, 9.17) is 4.74 Å². The van der Waals surface area contributed by atoms with E-state index in [1.807, 2.05) is 14.1 Å². The Bertz CT molecular complexity index is 627. The van der Waals surface area contributed by atoms with Crippen molar-refractivity contribution in [3.05, 3.63) is 11.9 Å². The molecule has 2 rings (SSSR count). The summed E-state index contributed by atoms with van der Waals surface area (Å²) in [6.45, 7) is 1.77. The highest BCUT2D eigenvalue weighted by molar-refractivity contribution is 5.95. The Morgan fingerprint density at radius 2 is 2.05 bits per heavy atom. The van der Waals surface area contributed by atoms with E-state index in [0.29, 0.717) is 35.1 Å². The molecule has 0 saturated heterocycles. The maximum Gasteiger partial charge on any atom is 0.247 e. The van der Waals surface area contributed by atoms with Crippen molar-refractivity contribution >= 4 is 22.9 Å². The summed E-state index contributed by atoms with van der Waals surface area (Å²) in [5.41, 5.74) is 1.10. The third-order valence-corrected chi connectivity index (χ3v) is 2.56. The van der Waals surface area contributed by atoms with E-state index in [9.17, 15) is 4.79 Å². The van der Waals surface area contributed by atoms with E-state index in [1.54, 1.807) is 11.8 Å². The van der Waals surface area contributed by atoms with Crippen LogP contribution >= 0.6 is 0 Å². The fraction of sp³-hybridized carbons (Fsp3) is 0.417. The lowest BCUT2D eigenvalue weighted by atomic mass is 10.2. The van der Waals surface area contributed by atoms with E-state index < -0.39 is 0 Å². The van der Waals surface area contributed by atoms with Gasteiger partial charge in [-0.2, -0.15) is 9.97 Å². The molecule has 0 aliphatic heterocycles. The van der Waals surface area contributed by atoms with Gasteiger partial charge in [-0.05, 0) is 0 Å². The molecule has 0 bridgehead atoms. The third kappa shape index (κ3) is 2.44. The average molecular weight is 261 g/mol. The fourth-order valence-corrected chi connectivity index (χ4v) is 1.53. The van der Waals surface area contributed by atoms with Crippen molar-refractivity contribution in [3.63, 3.8) is 0 Å². The van der Waals surface area contributed by atoms with Gasteiger partial charge in [-0.25, -0.2) is 9.97 Å². The van der Waals surface area contributed by atoms with Gasteiger partial charge < -0.3 is 9.64 Å². The maximum atomic E-state index is 11.6. The Hall–Kier alpha value is -2.31. The molecule has 0 saturated carbocycles. The number of aromatic nitrogens is 4. The molecule has 7 heteroatoms. The van der Waals surface area contributed by atoms with Gasteiger partial charge in [0.1, 0.15) is 5.69 Å². The van der Waals surface area contributed by atoms with Crippen LogP contribution in [0.3, 0.4) is 0 Å². The van der Waals surface area contributed by atoms with Crippen molar-refractivity contribution in [2.24, 2.45) is 0 Å². The van der Waals surface area contributed by atoms with Gasteiger partial charge in [-0.15, -0.1) is 0 Å². The average Bonchev–Trinajstić information content (AvgIpc) is 2.44. The van der Waals surface area contributed by atoms with Gasteiger partial charge in [-0.1, -0.05) is 6.92 Å². The van der Waals surface area contributed by atoms with Crippen LogP contribution in [-0.2, 0) is 0 Å². The molecule has 7 nitrogen and oxygen atoms in total. The first-order valence-corrected chi connectivity index (χ1v) is 5.86. The van der Waals surface area contributed by atoms with Crippen molar-refractivity contribution in [1.29, 1.82) is 0 Å². The SMILES string of the molecule is CCC(=O)c1cnc2nc(N(C)C)nc(OC)c2n1. The minimum absolute atomic E-state index is 0.0758. The number of methoxy groups -OCH3 is 1. The zero-order valence-corrected chi connectivity index (χ0v) is 11.3. The monoisotopic (exact) mass is 261 g/mol. The summed E-state index contributed by atoms with van der Waals surface area (Å²) in [6, 6.07) is 0. The Kier molecular flexibility index (Phi) is 3.55. The number of carbonyl (C=O) groups is 1. The molecule has 0 radical (unpaired) electrons. The second-order valence-corrected chi connectivity index (χ2v) is 4.13. The van der Waals surface area contributed by atoms with Crippen LogP contribution in [0.5, 0.6) is 5.88 Å². The van der Waals surface area contributed by atoms with E-state index in [1.165, 1.54) is 13.3 Å². The standard InChI is InChI=1S/C12H15N5O2/c1-5-8(18)7-6-13-10-9(14-7)11(19-4)16-12(15-10)17(2)3/h6H,5H2,1-4H3. The lowest BCUT2D eigenvalue weighted by Gasteiger charge is -2.12. The number of anilines is 1. The zero-order chi connectivity index (χ0) is 14.0. The second-order valence-electron chi connectivity index (χ2n) is 4.13. The zero-order valence-electron chi connectivity index (χ0n) is 11.3. The molecule has 0 aliphatic rings. The van der Waals surface area contributed by atoms with E-state index in [2.05, 4.69) is 19.9 Å². The van der Waals surface area contributed by atoms with Crippen molar-refractivity contribution < 1.29 is 9.53 Å². The van der Waals surface area contributed by atoms with Crippen LogP contribution < -0.4 is 9.64 Å². The van der Waals surface area contributed by atoms with Gasteiger partial charge in [0.15, 0.2) is 16.9 Å². The van der Waals surface area contributed by atoms with Gasteiger partial charge >= 0.3 is 0 Å². The Labute approximate surface area is 110 Å². The first-order chi connectivity index (χ1) is 9.06. The molecule has 2 heterocycles. The van der Waals surface area contributed by atoms with Gasteiger partial charge in [0, 0.05) is 20.5 Å². The van der Waals surface area contributed by atoms with E-state index >= 15 is 0 Å².